The number of thiocarbonyl (C=S) groups is 1. The summed E-state index contributed by atoms with van der Waals surface area (Å²) in [4.78, 5) is 60.1. The number of aromatic carboxylic acids is 1. The number of esters is 2. The smallest absolute Gasteiger partial charge is 0.341 e. The number of rotatable bonds is 7. The summed E-state index contributed by atoms with van der Waals surface area (Å²) in [7, 11) is 2.45. The molecule has 0 saturated carbocycles. The number of carboxylic acid groups (broad SMARTS) is 1. The number of fused-ring (bicyclic) bond motifs is 1. The number of carbonyl (C=O) groups is 3. The van der Waals surface area contributed by atoms with Crippen molar-refractivity contribution in [3.8, 4) is 0 Å². The van der Waals surface area contributed by atoms with Crippen LogP contribution < -0.4 is 15.6 Å². The quantitative estimate of drug-likeness (QED) is 0.370. The van der Waals surface area contributed by atoms with E-state index in [4.69, 9.17) is 17.0 Å². The minimum absolute atomic E-state index is 0.138. The van der Waals surface area contributed by atoms with Gasteiger partial charge >= 0.3 is 17.9 Å². The van der Waals surface area contributed by atoms with E-state index in [0.29, 0.717) is 49.4 Å². The lowest BCUT2D eigenvalue weighted by atomic mass is 10.2. The van der Waals surface area contributed by atoms with Crippen LogP contribution in [0.1, 0.15) is 23.7 Å². The summed E-state index contributed by atoms with van der Waals surface area (Å²) >= 11 is 5.42. The average Bonchev–Trinajstić information content (AvgIpc) is 2.87. The number of nitrogens with one attached hydrogen (secondary N) is 1. The van der Waals surface area contributed by atoms with E-state index in [9.17, 15) is 24.3 Å². The predicted octanol–water partition coefficient (Wildman–Crippen LogP) is -0.389. The van der Waals surface area contributed by atoms with Gasteiger partial charge in [-0.1, -0.05) is 0 Å². The van der Waals surface area contributed by atoms with Gasteiger partial charge in [-0.3, -0.25) is 9.59 Å². The molecule has 188 valence electrons. The molecule has 13 nitrogen and oxygen atoms in total. The summed E-state index contributed by atoms with van der Waals surface area (Å²) < 4.78 is 11.0. The first-order valence-corrected chi connectivity index (χ1v) is 11.2. The number of carboxylic acids is 1. The van der Waals surface area contributed by atoms with Crippen molar-refractivity contribution >= 4 is 52.2 Å². The molecule has 3 heterocycles. The zero-order valence-electron chi connectivity index (χ0n) is 19.5. The van der Waals surface area contributed by atoms with Gasteiger partial charge in [0.15, 0.2) is 5.11 Å². The maximum Gasteiger partial charge on any atom is 0.341 e. The van der Waals surface area contributed by atoms with Crippen molar-refractivity contribution in [2.24, 2.45) is 0 Å². The molecule has 0 aliphatic carbocycles. The van der Waals surface area contributed by atoms with E-state index in [1.807, 2.05) is 16.7 Å². The first kappa shape index (κ1) is 25.8. The Morgan fingerprint density at radius 3 is 2.46 bits per heavy atom. The highest BCUT2D eigenvalue weighted by Crippen LogP contribution is 2.16. The second-order valence-corrected chi connectivity index (χ2v) is 8.04. The fraction of sp³-hybridized carbons (Fsp3) is 0.476. The molecule has 2 aromatic rings. The van der Waals surface area contributed by atoms with Gasteiger partial charge in [0, 0.05) is 45.1 Å². The number of carbonyl (C=O) groups excluding carboxylic acids is 2. The number of nitrogens with zero attached hydrogens (tertiary/aromatic N) is 5. The van der Waals surface area contributed by atoms with Crippen LogP contribution in [0.25, 0.3) is 11.0 Å². The standard InChI is InChI=1S/C21H26N6O7S/c1-4-25-11-13(18(30)31)16(29)12-10-22-20(24-17(12)25)26-5-7-27(8-6-26)21(35)23-14(19(32)34-3)9-15(28)33-2/h10-11,14H,4-9H2,1-3H3,(H,23,35)(H,30,31)/t14-/m1/s1. The molecular weight excluding hydrogens is 480 g/mol. The summed E-state index contributed by atoms with van der Waals surface area (Å²) in [5, 5.41) is 12.6. The minimum atomic E-state index is -1.30. The van der Waals surface area contributed by atoms with E-state index in [2.05, 4.69) is 20.0 Å². The number of hydrogen-bond donors (Lipinski definition) is 2. The fourth-order valence-electron chi connectivity index (χ4n) is 3.64. The summed E-state index contributed by atoms with van der Waals surface area (Å²) in [6, 6.07) is -0.969. The largest absolute Gasteiger partial charge is 0.477 e. The lowest BCUT2D eigenvalue weighted by Crippen LogP contribution is -2.55. The van der Waals surface area contributed by atoms with Crippen LogP contribution in [-0.2, 0) is 25.6 Å². The van der Waals surface area contributed by atoms with Crippen molar-refractivity contribution in [2.75, 3.05) is 45.3 Å². The molecule has 0 unspecified atom stereocenters. The van der Waals surface area contributed by atoms with Crippen molar-refractivity contribution in [2.45, 2.75) is 25.9 Å². The van der Waals surface area contributed by atoms with Gasteiger partial charge in [-0.2, -0.15) is 4.98 Å². The molecule has 3 rings (SSSR count). The third-order valence-electron chi connectivity index (χ3n) is 5.60. The third kappa shape index (κ3) is 5.65. The second kappa shape index (κ2) is 11.1. The van der Waals surface area contributed by atoms with Crippen molar-refractivity contribution < 1.29 is 29.0 Å². The lowest BCUT2D eigenvalue weighted by Gasteiger charge is -2.36. The topological polar surface area (TPSA) is 156 Å². The van der Waals surface area contributed by atoms with E-state index < -0.39 is 29.4 Å². The molecule has 0 spiro atoms. The van der Waals surface area contributed by atoms with Crippen LogP contribution in [0.3, 0.4) is 0 Å². The molecule has 0 radical (unpaired) electrons. The zero-order valence-corrected chi connectivity index (χ0v) is 20.3. The number of aryl methyl sites for hydroxylation is 1. The average molecular weight is 507 g/mol. The molecule has 2 N–H and O–H groups in total. The Kier molecular flexibility index (Phi) is 8.17. The Morgan fingerprint density at radius 2 is 1.89 bits per heavy atom. The molecule has 1 aliphatic rings. The van der Waals surface area contributed by atoms with Gasteiger partial charge in [-0.05, 0) is 19.1 Å². The first-order chi connectivity index (χ1) is 16.7. The Labute approximate surface area is 205 Å². The first-order valence-electron chi connectivity index (χ1n) is 10.8. The van der Waals surface area contributed by atoms with Gasteiger partial charge in [0.1, 0.15) is 17.3 Å². The Hall–Kier alpha value is -3.81. The van der Waals surface area contributed by atoms with Crippen molar-refractivity contribution in [3.05, 3.63) is 28.2 Å². The van der Waals surface area contributed by atoms with Gasteiger partial charge in [-0.15, -0.1) is 0 Å². The normalized spacial score (nSPS) is 14.4. The molecule has 0 aromatic carbocycles. The molecule has 1 atom stereocenters. The lowest BCUT2D eigenvalue weighted by molar-refractivity contribution is -0.149. The Morgan fingerprint density at radius 1 is 1.20 bits per heavy atom. The molecule has 1 saturated heterocycles. The van der Waals surface area contributed by atoms with E-state index in [1.165, 1.54) is 26.6 Å². The molecule has 1 fully saturated rings. The fourth-order valence-corrected chi connectivity index (χ4v) is 3.97. The molecule has 1 aliphatic heterocycles. The van der Waals surface area contributed by atoms with E-state index >= 15 is 0 Å². The van der Waals surface area contributed by atoms with Crippen molar-refractivity contribution in [1.29, 1.82) is 0 Å². The maximum atomic E-state index is 12.5. The van der Waals surface area contributed by atoms with Crippen LogP contribution in [0.15, 0.2) is 17.2 Å². The number of pyridine rings is 1. The van der Waals surface area contributed by atoms with E-state index in [-0.39, 0.29) is 17.4 Å². The molecule has 0 amide bonds. The minimum Gasteiger partial charge on any atom is -0.477 e. The number of aromatic nitrogens is 3. The van der Waals surface area contributed by atoms with Crippen molar-refractivity contribution in [3.63, 3.8) is 0 Å². The number of methoxy groups -OCH3 is 2. The summed E-state index contributed by atoms with van der Waals surface area (Å²) in [6.07, 6.45) is 2.42. The molecule has 14 heteroatoms. The second-order valence-electron chi connectivity index (χ2n) is 7.65. The van der Waals surface area contributed by atoms with Gasteiger partial charge in [0.25, 0.3) is 0 Å². The van der Waals surface area contributed by atoms with Gasteiger partial charge in [0.2, 0.25) is 11.4 Å². The summed E-state index contributed by atoms with van der Waals surface area (Å²) in [6.45, 7) is 4.21. The zero-order chi connectivity index (χ0) is 25.7. The highest BCUT2D eigenvalue weighted by molar-refractivity contribution is 7.80. The van der Waals surface area contributed by atoms with Crippen LogP contribution in [0, 0.1) is 0 Å². The van der Waals surface area contributed by atoms with Gasteiger partial charge in [-0.25, -0.2) is 14.6 Å². The number of hydrogen-bond acceptors (Lipinski definition) is 10. The van der Waals surface area contributed by atoms with Crippen molar-refractivity contribution in [1.82, 2.24) is 24.8 Å². The molecule has 2 aromatic heterocycles. The van der Waals surface area contributed by atoms with E-state index in [1.54, 1.807) is 4.57 Å². The predicted molar refractivity (Wildman–Crippen MR) is 128 cm³/mol. The van der Waals surface area contributed by atoms with Crippen LogP contribution in [0.4, 0.5) is 5.95 Å². The van der Waals surface area contributed by atoms with Crippen LogP contribution in [-0.4, -0.2) is 94.0 Å². The number of anilines is 1. The highest BCUT2D eigenvalue weighted by atomic mass is 32.1. The summed E-state index contributed by atoms with van der Waals surface area (Å²) in [5.74, 6) is -2.10. The molecule has 35 heavy (non-hydrogen) atoms. The number of ether oxygens (including phenoxy) is 2. The highest BCUT2D eigenvalue weighted by Gasteiger charge is 2.28. The Bertz CT molecular complexity index is 1210. The molecular formula is C21H26N6O7S. The number of piperazine rings is 1. The maximum absolute atomic E-state index is 12.5. The Balaban J connectivity index is 1.72. The van der Waals surface area contributed by atoms with Gasteiger partial charge in [0.05, 0.1) is 26.0 Å². The molecule has 0 bridgehead atoms. The van der Waals surface area contributed by atoms with Gasteiger partial charge < -0.3 is 34.3 Å². The SMILES string of the molecule is CCn1cc(C(=O)O)c(=O)c2cnc(N3CCN(C(=S)N[C@H](CC(=O)OC)C(=O)OC)CC3)nc21. The van der Waals surface area contributed by atoms with Crippen LogP contribution >= 0.6 is 12.2 Å². The third-order valence-corrected chi connectivity index (χ3v) is 5.98. The van der Waals surface area contributed by atoms with E-state index in [0.717, 1.165) is 0 Å². The van der Waals surface area contributed by atoms with Crippen LogP contribution in [0.2, 0.25) is 0 Å². The van der Waals surface area contributed by atoms with Crippen LogP contribution in [0.5, 0.6) is 0 Å². The monoisotopic (exact) mass is 506 g/mol. The summed E-state index contributed by atoms with van der Waals surface area (Å²) in [5.41, 5.74) is -0.601.